The molecule has 1 aromatic rings. The van der Waals surface area contributed by atoms with Gasteiger partial charge in [-0.1, -0.05) is 0 Å². The van der Waals surface area contributed by atoms with Gasteiger partial charge in [-0.05, 0) is 38.5 Å². The summed E-state index contributed by atoms with van der Waals surface area (Å²) in [6.45, 7) is 3.53. The van der Waals surface area contributed by atoms with Crippen LogP contribution >= 0.6 is 0 Å². The van der Waals surface area contributed by atoms with Crippen molar-refractivity contribution in [2.75, 3.05) is 18.4 Å². The zero-order valence-corrected chi connectivity index (χ0v) is 13.0. The Morgan fingerprint density at radius 1 is 1.36 bits per heavy atom. The van der Waals surface area contributed by atoms with Crippen molar-refractivity contribution in [2.24, 2.45) is 17.6 Å². The molecule has 0 unspecified atom stereocenters. The Morgan fingerprint density at radius 3 is 2.77 bits per heavy atom. The van der Waals surface area contributed by atoms with Crippen molar-refractivity contribution < 1.29 is 4.79 Å². The van der Waals surface area contributed by atoms with Crippen molar-refractivity contribution in [2.45, 2.75) is 44.2 Å². The van der Waals surface area contributed by atoms with Gasteiger partial charge in [-0.2, -0.15) is 0 Å². The third-order valence-electron chi connectivity index (χ3n) is 5.23. The molecule has 1 saturated heterocycles. The summed E-state index contributed by atoms with van der Waals surface area (Å²) in [5.74, 6) is 2.25. The zero-order valence-electron chi connectivity index (χ0n) is 13.0. The van der Waals surface area contributed by atoms with Crippen molar-refractivity contribution >= 4 is 11.7 Å². The number of carbonyl (C=O) groups excluding carboxylic acids is 1. The van der Waals surface area contributed by atoms with Crippen LogP contribution in [0, 0.1) is 18.8 Å². The highest BCUT2D eigenvalue weighted by Crippen LogP contribution is 2.43. The van der Waals surface area contributed by atoms with Gasteiger partial charge in [0.1, 0.15) is 12.1 Å². The van der Waals surface area contributed by atoms with Gasteiger partial charge >= 0.3 is 0 Å². The molecule has 2 atom stereocenters. The van der Waals surface area contributed by atoms with E-state index < -0.39 is 5.54 Å². The molecule has 2 heterocycles. The molecule has 0 aromatic carbocycles. The molecule has 0 bridgehead atoms. The van der Waals surface area contributed by atoms with Crippen LogP contribution in [0.4, 0.5) is 5.82 Å². The standard InChI is InChI=1S/C16H23N5O/c1-10-6-14(19-9-18-10)20-13-8-21(7-12(13)11-2-3-11)15(22)16(17)4-5-16/h6,9,11-13H,2-5,7-8,17H2,1H3,(H,18,19,20)/t12-,13+/m0/s1. The van der Waals surface area contributed by atoms with E-state index in [2.05, 4.69) is 15.3 Å². The van der Waals surface area contributed by atoms with E-state index in [-0.39, 0.29) is 11.9 Å². The fraction of sp³-hybridized carbons (Fsp3) is 0.688. The number of nitrogens with two attached hydrogens (primary N) is 1. The summed E-state index contributed by atoms with van der Waals surface area (Å²) in [4.78, 5) is 22.9. The number of hydrogen-bond acceptors (Lipinski definition) is 5. The predicted molar refractivity (Wildman–Crippen MR) is 83.1 cm³/mol. The van der Waals surface area contributed by atoms with E-state index in [1.165, 1.54) is 12.8 Å². The summed E-state index contributed by atoms with van der Waals surface area (Å²) in [7, 11) is 0. The average molecular weight is 301 g/mol. The lowest BCUT2D eigenvalue weighted by Crippen LogP contribution is -2.45. The molecular weight excluding hydrogens is 278 g/mol. The molecule has 1 amide bonds. The SMILES string of the molecule is Cc1cc(N[C@@H]2CN(C(=O)C3(N)CC3)C[C@H]2C2CC2)ncn1. The Morgan fingerprint density at radius 2 is 2.14 bits per heavy atom. The molecular formula is C16H23N5O. The Hall–Kier alpha value is -1.69. The monoisotopic (exact) mass is 301 g/mol. The van der Waals surface area contributed by atoms with Crippen LogP contribution < -0.4 is 11.1 Å². The fourth-order valence-corrected chi connectivity index (χ4v) is 3.54. The van der Waals surface area contributed by atoms with Crippen LogP contribution in [0.5, 0.6) is 0 Å². The molecule has 2 saturated carbocycles. The third kappa shape index (κ3) is 2.56. The maximum atomic E-state index is 12.5. The van der Waals surface area contributed by atoms with Crippen LogP contribution in [-0.2, 0) is 4.79 Å². The minimum absolute atomic E-state index is 0.140. The summed E-state index contributed by atoms with van der Waals surface area (Å²) in [6, 6.07) is 2.23. The van der Waals surface area contributed by atoms with E-state index in [0.29, 0.717) is 5.92 Å². The van der Waals surface area contributed by atoms with Crippen LogP contribution in [0.25, 0.3) is 0 Å². The summed E-state index contributed by atoms with van der Waals surface area (Å²) in [6.07, 6.45) is 5.81. The zero-order chi connectivity index (χ0) is 15.3. The van der Waals surface area contributed by atoms with Gasteiger partial charge in [0.05, 0.1) is 5.54 Å². The molecule has 1 aromatic heterocycles. The third-order valence-corrected chi connectivity index (χ3v) is 5.23. The van der Waals surface area contributed by atoms with Crippen molar-refractivity contribution in [3.05, 3.63) is 18.1 Å². The van der Waals surface area contributed by atoms with Crippen LogP contribution in [0.3, 0.4) is 0 Å². The van der Waals surface area contributed by atoms with Gasteiger partial charge in [-0.15, -0.1) is 0 Å². The number of aryl methyl sites for hydroxylation is 1. The molecule has 1 aliphatic heterocycles. The number of nitrogens with one attached hydrogen (secondary N) is 1. The second kappa shape index (κ2) is 4.91. The smallest absolute Gasteiger partial charge is 0.242 e. The molecule has 3 aliphatic rings. The van der Waals surface area contributed by atoms with E-state index in [0.717, 1.165) is 43.4 Å². The molecule has 118 valence electrons. The van der Waals surface area contributed by atoms with Crippen molar-refractivity contribution in [3.8, 4) is 0 Å². The number of carbonyl (C=O) groups is 1. The summed E-state index contributed by atoms with van der Waals surface area (Å²) >= 11 is 0. The normalized spacial score (nSPS) is 29.5. The molecule has 4 rings (SSSR count). The summed E-state index contributed by atoms with van der Waals surface area (Å²) in [5, 5.41) is 3.52. The first-order chi connectivity index (χ1) is 10.5. The van der Waals surface area contributed by atoms with Crippen LogP contribution in [0.2, 0.25) is 0 Å². The number of amides is 1. The summed E-state index contributed by atoms with van der Waals surface area (Å²) in [5.41, 5.74) is 6.48. The largest absolute Gasteiger partial charge is 0.365 e. The number of hydrogen-bond donors (Lipinski definition) is 2. The van der Waals surface area contributed by atoms with Crippen molar-refractivity contribution in [3.63, 3.8) is 0 Å². The maximum Gasteiger partial charge on any atom is 0.242 e. The Balaban J connectivity index is 1.49. The fourth-order valence-electron chi connectivity index (χ4n) is 3.54. The van der Waals surface area contributed by atoms with E-state index in [1.54, 1.807) is 6.33 Å². The number of likely N-dealkylation sites (tertiary alicyclic amines) is 1. The lowest BCUT2D eigenvalue weighted by molar-refractivity contribution is -0.132. The highest BCUT2D eigenvalue weighted by molar-refractivity contribution is 5.89. The molecule has 3 fully saturated rings. The lowest BCUT2D eigenvalue weighted by Gasteiger charge is -2.20. The van der Waals surface area contributed by atoms with E-state index >= 15 is 0 Å². The predicted octanol–water partition coefficient (Wildman–Crippen LogP) is 0.925. The van der Waals surface area contributed by atoms with Crippen LogP contribution in [0.15, 0.2) is 12.4 Å². The molecule has 3 N–H and O–H groups in total. The second-order valence-electron chi connectivity index (χ2n) is 7.16. The van der Waals surface area contributed by atoms with Gasteiger partial charge in [-0.3, -0.25) is 4.79 Å². The van der Waals surface area contributed by atoms with E-state index in [1.807, 2.05) is 17.9 Å². The summed E-state index contributed by atoms with van der Waals surface area (Å²) < 4.78 is 0. The van der Waals surface area contributed by atoms with Gasteiger partial charge < -0.3 is 16.0 Å². The maximum absolute atomic E-state index is 12.5. The van der Waals surface area contributed by atoms with E-state index in [9.17, 15) is 4.79 Å². The Kier molecular flexibility index (Phi) is 3.11. The highest BCUT2D eigenvalue weighted by Gasteiger charge is 2.52. The topological polar surface area (TPSA) is 84.1 Å². The molecule has 0 spiro atoms. The Bertz CT molecular complexity index is 596. The molecule has 6 nitrogen and oxygen atoms in total. The van der Waals surface area contributed by atoms with Crippen molar-refractivity contribution in [1.82, 2.24) is 14.9 Å². The molecule has 2 aliphatic carbocycles. The van der Waals surface area contributed by atoms with Gasteiger partial charge in [0.2, 0.25) is 5.91 Å². The van der Waals surface area contributed by atoms with Crippen LogP contribution in [0.1, 0.15) is 31.4 Å². The first-order valence-electron chi connectivity index (χ1n) is 8.19. The quantitative estimate of drug-likeness (QED) is 0.864. The number of nitrogens with zero attached hydrogens (tertiary/aromatic N) is 3. The van der Waals surface area contributed by atoms with Gasteiger partial charge in [0.15, 0.2) is 0 Å². The van der Waals surface area contributed by atoms with Gasteiger partial charge in [0.25, 0.3) is 0 Å². The minimum Gasteiger partial charge on any atom is -0.365 e. The second-order valence-corrected chi connectivity index (χ2v) is 7.16. The average Bonchev–Trinajstić information content (AvgIpc) is 3.41. The molecule has 6 heteroatoms. The van der Waals surface area contributed by atoms with Crippen molar-refractivity contribution in [1.29, 1.82) is 0 Å². The van der Waals surface area contributed by atoms with Crippen LogP contribution in [-0.4, -0.2) is 45.4 Å². The lowest BCUT2D eigenvalue weighted by atomic mass is 9.98. The number of anilines is 1. The Labute approximate surface area is 130 Å². The first kappa shape index (κ1) is 13.9. The van der Waals surface area contributed by atoms with Gasteiger partial charge in [0, 0.05) is 36.8 Å². The first-order valence-corrected chi connectivity index (χ1v) is 8.19. The number of aromatic nitrogens is 2. The molecule has 22 heavy (non-hydrogen) atoms. The van der Waals surface area contributed by atoms with Gasteiger partial charge in [-0.25, -0.2) is 9.97 Å². The highest BCUT2D eigenvalue weighted by atomic mass is 16.2. The minimum atomic E-state index is -0.561. The molecule has 0 radical (unpaired) electrons. The van der Waals surface area contributed by atoms with E-state index in [4.69, 9.17) is 5.73 Å². The number of rotatable bonds is 4.